The smallest absolute Gasteiger partial charge is 0.337 e. The van der Waals surface area contributed by atoms with Gasteiger partial charge < -0.3 is 29.1 Å². The Labute approximate surface area is 346 Å². The van der Waals surface area contributed by atoms with Crippen molar-refractivity contribution < 1.29 is 33.3 Å². The van der Waals surface area contributed by atoms with E-state index in [-0.39, 0.29) is 23.4 Å². The standard InChI is InChI=1S/C47H56FN5O6/c1-30-11-8-9-26-57-47(6)21-24-52(25-22-47)43-41(42(45(55)56)59-46(3,4)5)31(2)49-40-29-38(50-53(40)43)34-13-10-12-33(27-34)37-28-35(16-19-39(37)58-30)44(54)51(7)23-20-32-14-17-36(48)18-15-32/h10,12-19,27-30,42H,8-9,11,20-26H2,1-7H3,(H,55,56)/t30-,42-/m0/s1. The molecule has 312 valence electrons. The highest BCUT2D eigenvalue weighted by molar-refractivity contribution is 5.96. The van der Waals surface area contributed by atoms with Crippen molar-refractivity contribution in [3.8, 4) is 28.1 Å². The number of rotatable bonds is 7. The molecule has 2 aromatic heterocycles. The van der Waals surface area contributed by atoms with Crippen LogP contribution in [0.4, 0.5) is 10.2 Å². The average molecular weight is 806 g/mol. The number of aliphatic carboxylic acids is 1. The summed E-state index contributed by atoms with van der Waals surface area (Å²) in [5.41, 5.74) is 5.13. The molecule has 12 heteroatoms. The van der Waals surface area contributed by atoms with Gasteiger partial charge in [0.25, 0.3) is 5.91 Å². The van der Waals surface area contributed by atoms with Crippen LogP contribution < -0.4 is 9.64 Å². The largest absolute Gasteiger partial charge is 0.490 e. The number of carboxylic acid groups (broad SMARTS) is 1. The van der Waals surface area contributed by atoms with E-state index in [0.717, 1.165) is 54.4 Å². The van der Waals surface area contributed by atoms with Crippen LogP contribution in [0.1, 0.15) is 100 Å². The van der Waals surface area contributed by atoms with Crippen LogP contribution in [0.5, 0.6) is 5.75 Å². The molecule has 6 bridgehead atoms. The number of piperidine rings is 1. The van der Waals surface area contributed by atoms with Crippen molar-refractivity contribution >= 4 is 23.3 Å². The molecule has 1 amide bonds. The van der Waals surface area contributed by atoms with E-state index in [1.165, 1.54) is 12.1 Å². The number of amides is 1. The molecule has 5 aromatic rings. The van der Waals surface area contributed by atoms with Crippen molar-refractivity contribution in [2.75, 3.05) is 38.2 Å². The minimum atomic E-state index is -1.27. The molecule has 1 fully saturated rings. The second-order valence-corrected chi connectivity index (χ2v) is 17.3. The summed E-state index contributed by atoms with van der Waals surface area (Å²) in [6, 6.07) is 21.8. The van der Waals surface area contributed by atoms with E-state index in [1.54, 1.807) is 28.6 Å². The lowest BCUT2D eigenvalue weighted by Gasteiger charge is -2.41. The quantitative estimate of drug-likeness (QED) is 0.172. The molecule has 11 nitrogen and oxygen atoms in total. The number of carbonyl (C=O) groups excluding carboxylic acids is 1. The van der Waals surface area contributed by atoms with Crippen LogP contribution in [0, 0.1) is 12.7 Å². The van der Waals surface area contributed by atoms with Crippen molar-refractivity contribution in [2.24, 2.45) is 0 Å². The first-order valence-corrected chi connectivity index (χ1v) is 20.7. The Morgan fingerprint density at radius 2 is 1.76 bits per heavy atom. The molecule has 1 saturated heterocycles. The molecule has 59 heavy (non-hydrogen) atoms. The second-order valence-electron chi connectivity index (χ2n) is 17.3. The predicted molar refractivity (Wildman–Crippen MR) is 227 cm³/mol. The third kappa shape index (κ3) is 9.60. The highest BCUT2D eigenvalue weighted by Gasteiger charge is 2.38. The third-order valence-corrected chi connectivity index (χ3v) is 11.4. The van der Waals surface area contributed by atoms with Gasteiger partial charge in [0.15, 0.2) is 11.8 Å². The van der Waals surface area contributed by atoms with Gasteiger partial charge in [0.2, 0.25) is 0 Å². The van der Waals surface area contributed by atoms with E-state index in [2.05, 4.69) is 18.7 Å². The first kappa shape index (κ1) is 41.8. The molecule has 0 radical (unpaired) electrons. The van der Waals surface area contributed by atoms with Crippen LogP contribution in [0.15, 0.2) is 72.8 Å². The summed E-state index contributed by atoms with van der Waals surface area (Å²) in [4.78, 5) is 35.6. The normalized spacial score (nSPS) is 19.3. The number of nitrogens with zero attached hydrogens (tertiary/aromatic N) is 5. The monoisotopic (exact) mass is 805 g/mol. The number of fused-ring (bicyclic) bond motifs is 8. The summed E-state index contributed by atoms with van der Waals surface area (Å²) in [6.07, 6.45) is 3.39. The van der Waals surface area contributed by atoms with Gasteiger partial charge in [0.1, 0.15) is 17.4 Å². The van der Waals surface area contributed by atoms with E-state index in [1.807, 2.05) is 76.2 Å². The molecule has 0 aliphatic carbocycles. The number of aryl methyl sites for hydroxylation is 1. The summed E-state index contributed by atoms with van der Waals surface area (Å²) < 4.78 is 34.7. The lowest BCUT2D eigenvalue weighted by molar-refractivity contribution is -0.160. The minimum absolute atomic E-state index is 0.0847. The number of hydrogen-bond acceptors (Lipinski definition) is 8. The number of benzene rings is 3. The van der Waals surface area contributed by atoms with Crippen LogP contribution in [0.25, 0.3) is 28.0 Å². The fourth-order valence-electron chi connectivity index (χ4n) is 8.02. The summed E-state index contributed by atoms with van der Waals surface area (Å²) >= 11 is 0. The number of anilines is 1. The lowest BCUT2D eigenvalue weighted by Crippen LogP contribution is -2.46. The van der Waals surface area contributed by atoms with Crippen LogP contribution >= 0.6 is 0 Å². The molecule has 2 atom stereocenters. The zero-order valence-corrected chi connectivity index (χ0v) is 35.3. The van der Waals surface area contributed by atoms with Gasteiger partial charge in [-0.3, -0.25) is 4.79 Å². The Morgan fingerprint density at radius 3 is 2.47 bits per heavy atom. The number of likely N-dealkylation sites (N-methyl/N-ethyl adjacent to an activating group) is 1. The number of carbonyl (C=O) groups is 2. The van der Waals surface area contributed by atoms with Gasteiger partial charge >= 0.3 is 5.97 Å². The van der Waals surface area contributed by atoms with Gasteiger partial charge in [-0.15, -0.1) is 0 Å². The second kappa shape index (κ2) is 17.1. The minimum Gasteiger partial charge on any atom is -0.490 e. The number of ether oxygens (including phenoxy) is 3. The molecular formula is C47H56FN5O6. The van der Waals surface area contributed by atoms with Gasteiger partial charge in [0, 0.05) is 61.7 Å². The van der Waals surface area contributed by atoms with Crippen molar-refractivity contribution in [3.63, 3.8) is 0 Å². The van der Waals surface area contributed by atoms with Crippen LogP contribution in [0.2, 0.25) is 0 Å². The van der Waals surface area contributed by atoms with E-state index < -0.39 is 17.7 Å². The Morgan fingerprint density at radius 1 is 1.03 bits per heavy atom. The molecule has 0 saturated carbocycles. The van der Waals surface area contributed by atoms with Gasteiger partial charge in [-0.25, -0.2) is 14.2 Å². The van der Waals surface area contributed by atoms with Gasteiger partial charge in [0.05, 0.1) is 28.6 Å². The third-order valence-electron chi connectivity index (χ3n) is 11.4. The Kier molecular flexibility index (Phi) is 12.1. The van der Waals surface area contributed by atoms with Crippen molar-refractivity contribution in [2.45, 2.75) is 103 Å². The van der Waals surface area contributed by atoms with E-state index in [9.17, 15) is 19.1 Å². The van der Waals surface area contributed by atoms with Crippen LogP contribution in [0.3, 0.4) is 0 Å². The van der Waals surface area contributed by atoms with E-state index in [4.69, 9.17) is 24.3 Å². The zero-order chi connectivity index (χ0) is 42.1. The van der Waals surface area contributed by atoms with Gasteiger partial charge in [-0.1, -0.05) is 30.3 Å². The van der Waals surface area contributed by atoms with Crippen molar-refractivity contribution in [1.29, 1.82) is 0 Å². The zero-order valence-electron chi connectivity index (χ0n) is 35.3. The maximum Gasteiger partial charge on any atom is 0.337 e. The molecule has 3 aromatic carbocycles. The van der Waals surface area contributed by atoms with Crippen LogP contribution in [-0.4, -0.2) is 87.1 Å². The molecular weight excluding hydrogens is 750 g/mol. The van der Waals surface area contributed by atoms with Gasteiger partial charge in [-0.05, 0) is 128 Å². The summed E-state index contributed by atoms with van der Waals surface area (Å²) in [6.45, 7) is 14.0. The van der Waals surface area contributed by atoms with Crippen LogP contribution in [-0.2, 0) is 20.7 Å². The van der Waals surface area contributed by atoms with Crippen molar-refractivity contribution in [3.05, 3.63) is 101 Å². The molecule has 3 aliphatic rings. The molecule has 0 unspecified atom stereocenters. The Hall–Kier alpha value is -5.33. The lowest BCUT2D eigenvalue weighted by atomic mass is 9.92. The molecule has 8 rings (SSSR count). The maximum atomic E-state index is 13.9. The number of aromatic nitrogens is 3. The maximum absolute atomic E-state index is 13.9. The predicted octanol–water partition coefficient (Wildman–Crippen LogP) is 9.09. The summed E-state index contributed by atoms with van der Waals surface area (Å²) in [7, 11) is 1.77. The van der Waals surface area contributed by atoms with E-state index in [0.29, 0.717) is 72.4 Å². The van der Waals surface area contributed by atoms with Crippen molar-refractivity contribution in [1.82, 2.24) is 19.5 Å². The first-order valence-electron chi connectivity index (χ1n) is 20.7. The fourth-order valence-corrected chi connectivity index (χ4v) is 8.02. The SMILES string of the molecule is Cc1nc2cc3nn2c(c1[C@H](OC(C)(C)C)C(=O)O)N1CCC(C)(CC1)OCCCC[C@H](C)Oc1ccc(C(=O)N(C)CCc2ccc(F)cc2)cc1-c1cccc-3c1. The average Bonchev–Trinajstić information content (AvgIpc) is 3.62. The summed E-state index contributed by atoms with van der Waals surface area (Å²) in [5, 5.41) is 15.7. The first-order chi connectivity index (χ1) is 28.1. The number of halogens is 1. The Balaban J connectivity index is 1.32. The summed E-state index contributed by atoms with van der Waals surface area (Å²) in [5.74, 6) is -0.196. The topological polar surface area (TPSA) is 119 Å². The molecule has 0 spiro atoms. The number of hydrogen-bond donors (Lipinski definition) is 1. The fraction of sp³-hybridized carbons (Fsp3) is 0.447. The molecule has 1 N–H and O–H groups in total. The van der Waals surface area contributed by atoms with Gasteiger partial charge in [-0.2, -0.15) is 9.61 Å². The van der Waals surface area contributed by atoms with E-state index >= 15 is 0 Å². The Bertz CT molecular complexity index is 2310. The molecule has 3 aliphatic heterocycles. The number of carboxylic acids is 1. The molecule has 5 heterocycles. The highest BCUT2D eigenvalue weighted by atomic mass is 19.1. The highest BCUT2D eigenvalue weighted by Crippen LogP contribution is 2.40.